The Morgan fingerprint density at radius 3 is 1.61 bits per heavy atom. The van der Waals surface area contributed by atoms with Gasteiger partial charge in [0, 0.05) is 83.3 Å². The first-order valence-corrected chi connectivity index (χ1v) is 24.6. The van der Waals surface area contributed by atoms with Gasteiger partial charge in [-0.25, -0.2) is 19.9 Å². The van der Waals surface area contributed by atoms with E-state index in [9.17, 15) is 0 Å². The van der Waals surface area contributed by atoms with Gasteiger partial charge < -0.3 is 24.7 Å². The number of nitrogens with zero attached hydrogens (tertiary/aromatic N) is 4. The predicted molar refractivity (Wildman–Crippen MR) is 284 cm³/mol. The number of rotatable bonds is 14. The van der Waals surface area contributed by atoms with Crippen LogP contribution in [0.2, 0.25) is 10.0 Å². The van der Waals surface area contributed by atoms with Crippen LogP contribution in [0.15, 0.2) is 190 Å². The van der Waals surface area contributed by atoms with E-state index in [0.717, 1.165) is 78.0 Å². The van der Waals surface area contributed by atoms with Crippen molar-refractivity contribution in [2.24, 2.45) is 0 Å². The van der Waals surface area contributed by atoms with Gasteiger partial charge in [-0.05, 0) is 124 Å². The molecule has 4 aromatic heterocycles. The summed E-state index contributed by atoms with van der Waals surface area (Å²) in [6.45, 7) is 4.38. The Bertz CT molecular complexity index is 3060. The number of nitrogens with one attached hydrogen (secondary N) is 4. The van der Waals surface area contributed by atoms with Crippen LogP contribution in [0.25, 0.3) is 11.1 Å². The second-order valence-corrected chi connectivity index (χ2v) is 17.9. The molecular formula is C59H58Cl2N8O. The third-order valence-corrected chi connectivity index (χ3v) is 12.7. The van der Waals surface area contributed by atoms with Crippen molar-refractivity contribution in [1.82, 2.24) is 39.9 Å². The zero-order valence-electron chi connectivity index (χ0n) is 39.6. The molecule has 9 nitrogen and oxygen atoms in total. The highest BCUT2D eigenvalue weighted by molar-refractivity contribution is 6.31. The lowest BCUT2D eigenvalue weighted by Gasteiger charge is -2.12. The van der Waals surface area contributed by atoms with Crippen molar-refractivity contribution >= 4 is 23.2 Å². The third-order valence-electron chi connectivity index (χ3n) is 12.1. The average molecular weight is 966 g/mol. The van der Waals surface area contributed by atoms with Gasteiger partial charge in [-0.3, -0.25) is 0 Å². The van der Waals surface area contributed by atoms with Gasteiger partial charge in [-0.15, -0.1) is 0 Å². The quantitative estimate of drug-likeness (QED) is 0.0864. The monoisotopic (exact) mass is 964 g/mol. The SMILES string of the molecule is CCc1cccc(C2CC2)c1Cc1cnc[nH]1.CCc1cccc(Cl)c1Cc1cnc[nH]1.Clc1ccc(Oc2cccc(Cc3cnc[nH]3)c2)cc1.c1ccc(-c2ccccc2Cc2cnc[nH]2)cc1. The van der Waals surface area contributed by atoms with Crippen molar-refractivity contribution in [3.63, 3.8) is 0 Å². The molecule has 0 unspecified atom stereocenters. The van der Waals surface area contributed by atoms with Gasteiger partial charge in [0.1, 0.15) is 11.5 Å². The standard InChI is InChI=1S/C16H13ClN2O.C16H14N2.C15H18N2.C12H13ClN2/c17-13-4-6-15(7-5-13)20-16-3-1-2-12(9-16)8-14-10-18-11-19-14;1-2-6-13(7-3-1)16-9-5-4-8-14(16)10-15-11-17-12-18-15;1-2-11-4-3-5-14(12-6-7-12)15(11)8-13-9-16-10-17-13;1-2-9-4-3-5-12(13)11(9)6-10-7-14-8-15-10/h1-7,9-11H,8H2,(H,18,19);1-9,11-12H,10H2,(H,17,18);3-5,9-10,12H,2,6-8H2,1H3,(H,16,17);3-5,7-8H,2,6H2,1H3,(H,14,15). The Balaban J connectivity index is 0.000000126. The minimum Gasteiger partial charge on any atom is -0.457 e. The van der Waals surface area contributed by atoms with E-state index < -0.39 is 0 Å². The summed E-state index contributed by atoms with van der Waals surface area (Å²) in [4.78, 5) is 28.8. The summed E-state index contributed by atoms with van der Waals surface area (Å²) in [7, 11) is 0. The summed E-state index contributed by atoms with van der Waals surface area (Å²) < 4.78 is 5.81. The molecule has 1 aliphatic carbocycles. The van der Waals surface area contributed by atoms with Crippen molar-refractivity contribution in [1.29, 1.82) is 0 Å². The molecule has 1 fully saturated rings. The van der Waals surface area contributed by atoms with E-state index in [4.69, 9.17) is 27.9 Å². The van der Waals surface area contributed by atoms with Crippen molar-refractivity contribution in [2.45, 2.75) is 71.1 Å². The molecule has 0 saturated heterocycles. The van der Waals surface area contributed by atoms with Crippen LogP contribution in [-0.2, 0) is 38.5 Å². The molecule has 11 heteroatoms. The van der Waals surface area contributed by atoms with E-state index in [1.165, 1.54) is 63.0 Å². The largest absolute Gasteiger partial charge is 0.457 e. The number of ether oxygens (including phenoxy) is 1. The van der Waals surface area contributed by atoms with E-state index in [1.807, 2.05) is 85.5 Å². The fourth-order valence-electron chi connectivity index (χ4n) is 8.37. The lowest BCUT2D eigenvalue weighted by molar-refractivity contribution is 0.482. The Kier molecular flexibility index (Phi) is 17.7. The molecule has 1 aliphatic rings. The number of hydrogen-bond acceptors (Lipinski definition) is 5. The maximum Gasteiger partial charge on any atom is 0.127 e. The molecule has 4 heterocycles. The van der Waals surface area contributed by atoms with E-state index >= 15 is 0 Å². The molecule has 0 amide bonds. The second-order valence-electron chi connectivity index (χ2n) is 17.1. The molecule has 0 radical (unpaired) electrons. The fourth-order valence-corrected chi connectivity index (χ4v) is 8.76. The van der Waals surface area contributed by atoms with Crippen molar-refractivity contribution in [3.05, 3.63) is 261 Å². The normalized spacial score (nSPS) is 11.6. The number of aromatic nitrogens is 8. The first-order valence-electron chi connectivity index (χ1n) is 23.8. The van der Waals surface area contributed by atoms with Crippen molar-refractivity contribution < 1.29 is 4.74 Å². The number of halogens is 2. The zero-order chi connectivity index (χ0) is 48.3. The highest BCUT2D eigenvalue weighted by Gasteiger charge is 2.26. The topological polar surface area (TPSA) is 124 Å². The zero-order valence-corrected chi connectivity index (χ0v) is 41.1. The molecule has 6 aromatic carbocycles. The van der Waals surface area contributed by atoms with Crippen LogP contribution in [0.1, 0.15) is 94.3 Å². The van der Waals surface area contributed by atoms with Gasteiger partial charge in [0.05, 0.1) is 25.3 Å². The van der Waals surface area contributed by atoms with Crippen LogP contribution in [0.5, 0.6) is 11.5 Å². The first kappa shape index (κ1) is 49.0. The van der Waals surface area contributed by atoms with Crippen LogP contribution in [0.4, 0.5) is 0 Å². The lowest BCUT2D eigenvalue weighted by Crippen LogP contribution is -2.00. The van der Waals surface area contributed by atoms with Crippen LogP contribution in [-0.4, -0.2) is 39.9 Å². The number of H-pyrrole nitrogens is 4. The molecule has 10 aromatic rings. The van der Waals surface area contributed by atoms with Gasteiger partial charge in [0.2, 0.25) is 0 Å². The molecule has 0 atom stereocenters. The van der Waals surface area contributed by atoms with Crippen LogP contribution >= 0.6 is 23.2 Å². The summed E-state index contributed by atoms with van der Waals surface area (Å²) in [5, 5.41) is 1.54. The van der Waals surface area contributed by atoms with Crippen molar-refractivity contribution in [2.75, 3.05) is 0 Å². The maximum absolute atomic E-state index is 6.19. The molecule has 1 saturated carbocycles. The van der Waals surface area contributed by atoms with E-state index in [-0.39, 0.29) is 0 Å². The molecule has 0 aliphatic heterocycles. The molecule has 0 bridgehead atoms. The summed E-state index contributed by atoms with van der Waals surface area (Å²) in [5.74, 6) is 2.40. The molecule has 70 heavy (non-hydrogen) atoms. The fraction of sp³-hybridized carbons (Fsp3) is 0.186. The Labute approximate surface area is 420 Å². The third kappa shape index (κ3) is 14.3. The Morgan fingerprint density at radius 2 is 1.01 bits per heavy atom. The van der Waals surface area contributed by atoms with Crippen LogP contribution in [0, 0.1) is 0 Å². The molecule has 4 N–H and O–H groups in total. The van der Waals surface area contributed by atoms with E-state index in [1.54, 1.807) is 30.9 Å². The van der Waals surface area contributed by atoms with Gasteiger partial charge in [-0.2, -0.15) is 0 Å². The number of aromatic amines is 4. The van der Waals surface area contributed by atoms with Crippen LogP contribution < -0.4 is 4.74 Å². The smallest absolute Gasteiger partial charge is 0.127 e. The highest BCUT2D eigenvalue weighted by atomic mass is 35.5. The average Bonchev–Trinajstić information content (AvgIpc) is 3.94. The highest BCUT2D eigenvalue weighted by Crippen LogP contribution is 2.43. The predicted octanol–water partition coefficient (Wildman–Crippen LogP) is 14.8. The summed E-state index contributed by atoms with van der Waals surface area (Å²) in [6, 6.07) is 47.1. The summed E-state index contributed by atoms with van der Waals surface area (Å²) in [5.41, 5.74) is 16.6. The second kappa shape index (κ2) is 25.2. The first-order chi connectivity index (χ1) is 34.4. The lowest BCUT2D eigenvalue weighted by atomic mass is 9.93. The minimum absolute atomic E-state index is 0.699. The van der Waals surface area contributed by atoms with E-state index in [0.29, 0.717) is 5.02 Å². The van der Waals surface area contributed by atoms with Crippen LogP contribution in [0.3, 0.4) is 0 Å². The Hall–Kier alpha value is -7.46. The molecule has 11 rings (SSSR count). The van der Waals surface area contributed by atoms with E-state index in [2.05, 4.69) is 133 Å². The summed E-state index contributed by atoms with van der Waals surface area (Å²) in [6.07, 6.45) is 22.7. The molecule has 0 spiro atoms. The Morgan fingerprint density at radius 1 is 0.486 bits per heavy atom. The van der Waals surface area contributed by atoms with Gasteiger partial charge in [0.25, 0.3) is 0 Å². The molecular weight excluding hydrogens is 908 g/mol. The van der Waals surface area contributed by atoms with Gasteiger partial charge in [0.15, 0.2) is 0 Å². The number of aryl methyl sites for hydroxylation is 2. The molecule has 354 valence electrons. The number of benzene rings is 6. The number of hydrogen-bond donors (Lipinski definition) is 4. The van der Waals surface area contributed by atoms with Crippen molar-refractivity contribution in [3.8, 4) is 22.6 Å². The maximum atomic E-state index is 6.19. The summed E-state index contributed by atoms with van der Waals surface area (Å²) >= 11 is 12.0. The van der Waals surface area contributed by atoms with Gasteiger partial charge >= 0.3 is 0 Å². The van der Waals surface area contributed by atoms with Gasteiger partial charge in [-0.1, -0.05) is 134 Å². The number of imidazole rings is 4. The minimum atomic E-state index is 0.699.